The molecule has 0 radical (unpaired) electrons. The number of carbonyl (C=O) groups excluding carboxylic acids is 1. The van der Waals surface area contributed by atoms with E-state index in [4.69, 9.17) is 16.6 Å². The van der Waals surface area contributed by atoms with E-state index < -0.39 is 17.9 Å². The molecular formula is C5H13BiN2O3. The van der Waals surface area contributed by atoms with Gasteiger partial charge in [-0.25, -0.2) is 0 Å². The Kier molecular flexibility index (Phi) is 7.89. The molecule has 0 heterocycles. The topological polar surface area (TPSA) is 106 Å². The minimum absolute atomic E-state index is 0. The first-order chi connectivity index (χ1) is 4.54. The third-order valence-corrected chi connectivity index (χ3v) is 1.02. The molecule has 0 aromatic rings. The fourth-order valence-corrected chi connectivity index (χ4v) is 0.421. The first kappa shape index (κ1) is 13.4. The molecular weight excluding hydrogens is 345 g/mol. The van der Waals surface area contributed by atoms with Crippen molar-refractivity contribution in [3.8, 4) is 0 Å². The van der Waals surface area contributed by atoms with Gasteiger partial charge in [-0.2, -0.15) is 0 Å². The van der Waals surface area contributed by atoms with Crippen molar-refractivity contribution in [3.63, 3.8) is 0 Å². The van der Waals surface area contributed by atoms with Crippen LogP contribution < -0.4 is 11.5 Å². The summed E-state index contributed by atoms with van der Waals surface area (Å²) in [6.45, 7) is 0. The predicted molar refractivity (Wildman–Crippen MR) is 44.0 cm³/mol. The summed E-state index contributed by atoms with van der Waals surface area (Å²) in [5.74, 6) is -1.64. The summed E-state index contributed by atoms with van der Waals surface area (Å²) >= 11 is 0. The Morgan fingerprint density at radius 3 is 2.18 bits per heavy atom. The number of carbonyl (C=O) groups is 2. The SMILES string of the molecule is NC(=O)CC[C@H](N)C(=O)O.[BiH3]. The Morgan fingerprint density at radius 1 is 1.45 bits per heavy atom. The summed E-state index contributed by atoms with van der Waals surface area (Å²) in [4.78, 5) is 20.1. The zero-order valence-corrected chi connectivity index (χ0v) is 11.6. The molecule has 0 aliphatic rings. The summed E-state index contributed by atoms with van der Waals surface area (Å²) in [5.41, 5.74) is 9.81. The van der Waals surface area contributed by atoms with Crippen LogP contribution in [0.15, 0.2) is 0 Å². The van der Waals surface area contributed by atoms with Gasteiger partial charge in [0.05, 0.1) is 0 Å². The van der Waals surface area contributed by atoms with Crippen molar-refractivity contribution in [1.82, 2.24) is 0 Å². The third kappa shape index (κ3) is 7.68. The molecule has 11 heavy (non-hydrogen) atoms. The summed E-state index contributed by atoms with van der Waals surface area (Å²) in [6, 6.07) is -0.979. The van der Waals surface area contributed by atoms with E-state index in [1.165, 1.54) is 0 Å². The number of nitrogens with two attached hydrogens (primary N) is 2. The van der Waals surface area contributed by atoms with Gasteiger partial charge in [-0.15, -0.1) is 0 Å². The van der Waals surface area contributed by atoms with Crippen LogP contribution in [0.2, 0.25) is 0 Å². The number of hydrogen-bond donors (Lipinski definition) is 3. The van der Waals surface area contributed by atoms with Crippen molar-refractivity contribution in [2.45, 2.75) is 18.9 Å². The second kappa shape index (κ2) is 6.49. The van der Waals surface area contributed by atoms with Crippen LogP contribution in [-0.4, -0.2) is 49.2 Å². The molecule has 1 amide bonds. The Labute approximate surface area is 83.2 Å². The van der Waals surface area contributed by atoms with Crippen LogP contribution in [0, 0.1) is 0 Å². The van der Waals surface area contributed by atoms with Gasteiger partial charge in [0, 0.05) is 6.42 Å². The van der Waals surface area contributed by atoms with Gasteiger partial charge >= 0.3 is 32.2 Å². The number of carboxylic acids is 1. The molecule has 6 heteroatoms. The molecule has 66 valence electrons. The van der Waals surface area contributed by atoms with E-state index in [9.17, 15) is 9.59 Å². The first-order valence-electron chi connectivity index (χ1n) is 2.80. The van der Waals surface area contributed by atoms with Crippen LogP contribution in [0.1, 0.15) is 12.8 Å². The number of carboxylic acid groups (broad SMARTS) is 1. The fourth-order valence-electron chi connectivity index (χ4n) is 0.421. The Bertz CT molecular complexity index is 151. The Hall–Kier alpha value is -0.217. The maximum absolute atomic E-state index is 10.1. The molecule has 5 nitrogen and oxygen atoms in total. The van der Waals surface area contributed by atoms with Crippen molar-refractivity contribution in [3.05, 3.63) is 0 Å². The molecule has 0 rings (SSSR count). The van der Waals surface area contributed by atoms with Crippen molar-refractivity contribution in [2.75, 3.05) is 0 Å². The number of aliphatic carboxylic acids is 1. The fraction of sp³-hybridized carbons (Fsp3) is 0.600. The van der Waals surface area contributed by atoms with Gasteiger partial charge in [-0.3, -0.25) is 9.59 Å². The van der Waals surface area contributed by atoms with Crippen LogP contribution in [-0.2, 0) is 9.59 Å². The van der Waals surface area contributed by atoms with Gasteiger partial charge in [0.2, 0.25) is 5.91 Å². The summed E-state index contributed by atoms with van der Waals surface area (Å²) < 4.78 is 0. The van der Waals surface area contributed by atoms with Gasteiger partial charge < -0.3 is 16.6 Å². The second-order valence-electron chi connectivity index (χ2n) is 1.95. The van der Waals surface area contributed by atoms with Crippen LogP contribution >= 0.6 is 0 Å². The zero-order valence-electron chi connectivity index (χ0n) is 6.12. The van der Waals surface area contributed by atoms with E-state index in [0.717, 1.165) is 0 Å². The van der Waals surface area contributed by atoms with Crippen LogP contribution in [0.25, 0.3) is 0 Å². The Morgan fingerprint density at radius 2 is 1.91 bits per heavy atom. The molecule has 0 aromatic heterocycles. The maximum atomic E-state index is 10.1. The number of primary amides is 1. The normalized spacial score (nSPS) is 11.4. The van der Waals surface area contributed by atoms with Crippen molar-refractivity contribution < 1.29 is 14.7 Å². The number of rotatable bonds is 4. The van der Waals surface area contributed by atoms with E-state index in [2.05, 4.69) is 0 Å². The van der Waals surface area contributed by atoms with E-state index >= 15 is 0 Å². The summed E-state index contributed by atoms with van der Waals surface area (Å²) in [6.07, 6.45) is 0.123. The van der Waals surface area contributed by atoms with Crippen molar-refractivity contribution >= 4 is 38.1 Å². The molecule has 0 unspecified atom stereocenters. The number of hydrogen-bond acceptors (Lipinski definition) is 3. The van der Waals surface area contributed by atoms with E-state index in [0.29, 0.717) is 0 Å². The van der Waals surface area contributed by atoms with E-state index in [1.807, 2.05) is 0 Å². The summed E-state index contributed by atoms with van der Waals surface area (Å²) in [7, 11) is 0. The molecule has 0 bridgehead atoms. The molecule has 5 N–H and O–H groups in total. The van der Waals surface area contributed by atoms with Crippen LogP contribution in [0.4, 0.5) is 0 Å². The molecule has 0 aromatic carbocycles. The molecule has 0 saturated heterocycles. The predicted octanol–water partition coefficient (Wildman–Crippen LogP) is -2.52. The van der Waals surface area contributed by atoms with Crippen LogP contribution in [0.3, 0.4) is 0 Å². The van der Waals surface area contributed by atoms with Gasteiger partial charge in [0.25, 0.3) is 0 Å². The third-order valence-electron chi connectivity index (χ3n) is 1.02. The van der Waals surface area contributed by atoms with Crippen molar-refractivity contribution in [2.24, 2.45) is 11.5 Å². The van der Waals surface area contributed by atoms with Crippen LogP contribution in [0.5, 0.6) is 0 Å². The average molecular weight is 358 g/mol. The van der Waals surface area contributed by atoms with E-state index in [-0.39, 0.29) is 39.0 Å². The quantitative estimate of drug-likeness (QED) is 0.482. The molecule has 0 fully saturated rings. The first-order valence-corrected chi connectivity index (χ1v) is 2.80. The van der Waals surface area contributed by atoms with Gasteiger partial charge in [-0.1, -0.05) is 0 Å². The average Bonchev–Trinajstić information content (AvgIpc) is 1.82. The number of amides is 1. The summed E-state index contributed by atoms with van der Waals surface area (Å²) in [5, 5.41) is 8.22. The molecule has 0 saturated carbocycles. The minimum atomic E-state index is -1.11. The monoisotopic (exact) mass is 358 g/mol. The van der Waals surface area contributed by atoms with Crippen molar-refractivity contribution in [1.29, 1.82) is 0 Å². The van der Waals surface area contributed by atoms with E-state index in [1.54, 1.807) is 0 Å². The zero-order chi connectivity index (χ0) is 8.15. The molecule has 1 atom stereocenters. The molecule has 0 spiro atoms. The molecule has 0 aliphatic heterocycles. The second-order valence-corrected chi connectivity index (χ2v) is 1.95. The van der Waals surface area contributed by atoms with Gasteiger partial charge in [0.1, 0.15) is 6.04 Å². The standard InChI is InChI=1S/C5H10N2O3.Bi.3H/c6-3(5(9)10)1-2-4(7)8;;;;/h3H,1-2,6H2,(H2,7,8)(H,9,10);;;;/t3-;;;;/m0..../s1. The Balaban J connectivity index is 0. The van der Waals surface area contributed by atoms with Gasteiger partial charge in [-0.05, 0) is 6.42 Å². The van der Waals surface area contributed by atoms with Gasteiger partial charge in [0.15, 0.2) is 0 Å². The molecule has 0 aliphatic carbocycles.